The van der Waals surface area contributed by atoms with Gasteiger partial charge in [0.25, 0.3) is 0 Å². The fourth-order valence-corrected chi connectivity index (χ4v) is 4.22. The van der Waals surface area contributed by atoms with Crippen LogP contribution in [0.15, 0.2) is 47.5 Å². The lowest BCUT2D eigenvalue weighted by Crippen LogP contribution is -2.23. The fourth-order valence-electron chi connectivity index (χ4n) is 2.97. The molecule has 2 aromatic carbocycles. The van der Waals surface area contributed by atoms with E-state index in [1.54, 1.807) is 19.2 Å². The maximum absolute atomic E-state index is 12.8. The summed E-state index contributed by atoms with van der Waals surface area (Å²) in [5.41, 5.74) is 2.73. The van der Waals surface area contributed by atoms with Gasteiger partial charge >= 0.3 is 0 Å². The molecule has 3 rings (SSSR count). The number of nitrogens with one attached hydrogen (secondary N) is 1. The van der Waals surface area contributed by atoms with E-state index >= 15 is 0 Å². The second-order valence-corrected chi connectivity index (χ2v) is 7.86. The number of aryl methyl sites for hydroxylation is 2. The molecular weight excluding hydrogens is 352 g/mol. The molecule has 26 heavy (non-hydrogen) atoms. The topological polar surface area (TPSA) is 69.6 Å². The van der Waals surface area contributed by atoms with Crippen molar-refractivity contribution in [3.05, 3.63) is 53.7 Å². The summed E-state index contributed by atoms with van der Waals surface area (Å²) in [7, 11) is 1.28. The van der Waals surface area contributed by atoms with Crippen LogP contribution in [0.3, 0.4) is 0 Å². The first kappa shape index (κ1) is 18.3. The quantitative estimate of drug-likeness (QED) is 0.720. The number of nitrogens with zero attached hydrogens (tertiary/aromatic N) is 1. The van der Waals surface area contributed by atoms with E-state index in [4.69, 9.17) is 9.47 Å². The van der Waals surface area contributed by atoms with Gasteiger partial charge in [0.15, 0.2) is 0 Å². The van der Waals surface area contributed by atoms with E-state index in [-0.39, 0.29) is 11.4 Å². The summed E-state index contributed by atoms with van der Waals surface area (Å²) < 4.78 is 40.7. The predicted molar refractivity (Wildman–Crippen MR) is 101 cm³/mol. The average molecular weight is 374 g/mol. The molecule has 0 saturated heterocycles. The van der Waals surface area contributed by atoms with Crippen molar-refractivity contribution >= 4 is 20.9 Å². The lowest BCUT2D eigenvalue weighted by atomic mass is 10.1. The molecule has 1 N–H and O–H groups in total. The number of ether oxygens (including phenoxy) is 2. The standard InChI is InChI=1S/C19H22N2O4S/c1-13-5-8-18(25-4)19(9-13)26(22,23)20-11-14-12-21(2)17-7-6-15(24-3)10-16(14)17/h5-10,12,20H,11H2,1-4H3. The molecule has 1 heterocycles. The molecule has 0 atom stereocenters. The molecule has 3 aromatic rings. The van der Waals surface area contributed by atoms with Gasteiger partial charge in [-0.05, 0) is 48.4 Å². The maximum atomic E-state index is 12.8. The zero-order valence-electron chi connectivity index (χ0n) is 15.2. The van der Waals surface area contributed by atoms with Crippen LogP contribution in [0.4, 0.5) is 0 Å². The van der Waals surface area contributed by atoms with Crippen LogP contribution in [0.25, 0.3) is 10.9 Å². The van der Waals surface area contributed by atoms with Crippen molar-refractivity contribution < 1.29 is 17.9 Å². The van der Waals surface area contributed by atoms with Crippen LogP contribution < -0.4 is 14.2 Å². The zero-order chi connectivity index (χ0) is 18.9. The second kappa shape index (κ2) is 7.01. The summed E-state index contributed by atoms with van der Waals surface area (Å²) in [6.45, 7) is 2.01. The Balaban J connectivity index is 1.93. The lowest BCUT2D eigenvalue weighted by Gasteiger charge is -2.11. The van der Waals surface area contributed by atoms with Crippen molar-refractivity contribution in [2.75, 3.05) is 14.2 Å². The Morgan fingerprint density at radius 2 is 1.85 bits per heavy atom. The predicted octanol–water partition coefficient (Wildman–Crippen LogP) is 2.98. The third-order valence-corrected chi connectivity index (χ3v) is 5.76. The first-order chi connectivity index (χ1) is 12.4. The summed E-state index contributed by atoms with van der Waals surface area (Å²) in [6, 6.07) is 10.8. The molecular formula is C19H22N2O4S. The Kier molecular flexibility index (Phi) is 4.93. The third kappa shape index (κ3) is 3.40. The van der Waals surface area contributed by atoms with Gasteiger partial charge < -0.3 is 14.0 Å². The van der Waals surface area contributed by atoms with Gasteiger partial charge in [0.2, 0.25) is 10.0 Å². The molecule has 0 unspecified atom stereocenters. The molecule has 138 valence electrons. The normalized spacial score (nSPS) is 11.7. The van der Waals surface area contributed by atoms with E-state index in [0.29, 0.717) is 5.75 Å². The van der Waals surface area contributed by atoms with Gasteiger partial charge in [0, 0.05) is 30.7 Å². The number of aromatic nitrogens is 1. The molecule has 0 spiro atoms. The van der Waals surface area contributed by atoms with Gasteiger partial charge in [-0.3, -0.25) is 0 Å². The highest BCUT2D eigenvalue weighted by atomic mass is 32.2. The van der Waals surface area contributed by atoms with Crippen molar-refractivity contribution in [3.8, 4) is 11.5 Å². The van der Waals surface area contributed by atoms with Crippen LogP contribution in [0, 0.1) is 6.92 Å². The van der Waals surface area contributed by atoms with Gasteiger partial charge in [-0.25, -0.2) is 13.1 Å². The summed E-state index contributed by atoms with van der Waals surface area (Å²) in [6.07, 6.45) is 1.92. The Bertz CT molecular complexity index is 1050. The molecule has 0 amide bonds. The van der Waals surface area contributed by atoms with Crippen LogP contribution in [-0.4, -0.2) is 27.2 Å². The van der Waals surface area contributed by atoms with Gasteiger partial charge in [0.1, 0.15) is 16.4 Å². The first-order valence-electron chi connectivity index (χ1n) is 8.12. The average Bonchev–Trinajstić information content (AvgIpc) is 2.95. The molecule has 7 heteroatoms. The van der Waals surface area contributed by atoms with E-state index in [0.717, 1.165) is 27.8 Å². The van der Waals surface area contributed by atoms with Crippen molar-refractivity contribution in [1.29, 1.82) is 0 Å². The highest BCUT2D eigenvalue weighted by molar-refractivity contribution is 7.89. The van der Waals surface area contributed by atoms with Crippen molar-refractivity contribution in [3.63, 3.8) is 0 Å². The molecule has 0 fully saturated rings. The van der Waals surface area contributed by atoms with Crippen molar-refractivity contribution in [1.82, 2.24) is 9.29 Å². The van der Waals surface area contributed by atoms with Crippen molar-refractivity contribution in [2.45, 2.75) is 18.4 Å². The van der Waals surface area contributed by atoms with Gasteiger partial charge in [0.05, 0.1) is 14.2 Å². The number of methoxy groups -OCH3 is 2. The van der Waals surface area contributed by atoms with E-state index in [1.165, 1.54) is 7.11 Å². The molecule has 0 aliphatic rings. The Labute approximate surface area is 153 Å². The third-order valence-electron chi connectivity index (χ3n) is 4.34. The first-order valence-corrected chi connectivity index (χ1v) is 9.60. The molecule has 0 saturated carbocycles. The van der Waals surface area contributed by atoms with E-state index in [9.17, 15) is 8.42 Å². The van der Waals surface area contributed by atoms with Crippen molar-refractivity contribution in [2.24, 2.45) is 7.05 Å². The second-order valence-electron chi connectivity index (χ2n) is 6.13. The molecule has 0 radical (unpaired) electrons. The van der Waals surface area contributed by atoms with Gasteiger partial charge in [-0.2, -0.15) is 0 Å². The van der Waals surface area contributed by atoms with Crippen LogP contribution in [0.1, 0.15) is 11.1 Å². The highest BCUT2D eigenvalue weighted by Crippen LogP contribution is 2.27. The van der Waals surface area contributed by atoms with Gasteiger partial charge in [-0.1, -0.05) is 6.07 Å². The smallest absolute Gasteiger partial charge is 0.244 e. The summed E-state index contributed by atoms with van der Waals surface area (Å²) in [4.78, 5) is 0.137. The van der Waals surface area contributed by atoms with E-state index < -0.39 is 10.0 Å². The van der Waals surface area contributed by atoms with Crippen LogP contribution in [-0.2, 0) is 23.6 Å². The van der Waals surface area contributed by atoms with E-state index in [1.807, 2.05) is 49.0 Å². The maximum Gasteiger partial charge on any atom is 0.244 e. The molecule has 0 aliphatic heterocycles. The van der Waals surface area contributed by atoms with Crippen LogP contribution in [0.2, 0.25) is 0 Å². The minimum absolute atomic E-state index is 0.137. The molecule has 0 aliphatic carbocycles. The Morgan fingerprint density at radius 1 is 1.08 bits per heavy atom. The Morgan fingerprint density at radius 3 is 2.54 bits per heavy atom. The number of hydrogen-bond acceptors (Lipinski definition) is 4. The van der Waals surface area contributed by atoms with E-state index in [2.05, 4.69) is 4.72 Å². The van der Waals surface area contributed by atoms with Crippen LogP contribution in [0.5, 0.6) is 11.5 Å². The fraction of sp³-hybridized carbons (Fsp3) is 0.263. The molecule has 6 nitrogen and oxygen atoms in total. The monoisotopic (exact) mass is 374 g/mol. The number of rotatable bonds is 6. The summed E-state index contributed by atoms with van der Waals surface area (Å²) in [5.74, 6) is 1.05. The zero-order valence-corrected chi connectivity index (χ0v) is 16.1. The minimum Gasteiger partial charge on any atom is -0.497 e. The minimum atomic E-state index is -3.71. The number of hydrogen-bond donors (Lipinski definition) is 1. The molecule has 1 aromatic heterocycles. The Hall–Kier alpha value is -2.51. The number of benzene rings is 2. The highest BCUT2D eigenvalue weighted by Gasteiger charge is 2.20. The SMILES string of the molecule is COc1ccc2c(c1)c(CNS(=O)(=O)c1cc(C)ccc1OC)cn2C. The largest absolute Gasteiger partial charge is 0.497 e. The lowest BCUT2D eigenvalue weighted by molar-refractivity contribution is 0.402. The van der Waals surface area contributed by atoms with Crippen LogP contribution >= 0.6 is 0 Å². The molecule has 0 bridgehead atoms. The van der Waals surface area contributed by atoms with Gasteiger partial charge in [-0.15, -0.1) is 0 Å². The summed E-state index contributed by atoms with van der Waals surface area (Å²) in [5, 5.41) is 0.950. The number of fused-ring (bicyclic) bond motifs is 1. The summed E-state index contributed by atoms with van der Waals surface area (Å²) >= 11 is 0. The number of sulfonamides is 1.